The first kappa shape index (κ1) is 28.8. The number of thiazole rings is 1. The quantitative estimate of drug-likeness (QED) is 0.234. The molecule has 2 fully saturated rings. The van der Waals surface area contributed by atoms with Crippen LogP contribution in [0.3, 0.4) is 0 Å². The van der Waals surface area contributed by atoms with Crippen molar-refractivity contribution < 1.29 is 23.9 Å². The standard InChI is InChI=1S/C32H30N4O5S2/c1-40-25-9-5-8-23(16-25)30-36(32(39)41-17-20-6-3-2-4-7-20)27(19-42-30)29(38)35-31-34-26(18-43-31)21-10-12-22(13-11-21)28(37)33-24-14-15-24/h2-13,16,18,24,27,30H,14-15,17,19H2,1H3,(H,33,37)(H,34,35,38)/t27-,30?/m0/s1. The fourth-order valence-electron chi connectivity index (χ4n) is 4.72. The number of nitrogens with zero attached hydrogens (tertiary/aromatic N) is 2. The van der Waals surface area contributed by atoms with Crippen LogP contribution in [-0.4, -0.2) is 52.7 Å². The predicted octanol–water partition coefficient (Wildman–Crippen LogP) is 6.10. The number of methoxy groups -OCH3 is 1. The molecule has 1 aromatic heterocycles. The summed E-state index contributed by atoms with van der Waals surface area (Å²) in [5.74, 6) is 0.628. The van der Waals surface area contributed by atoms with Crippen LogP contribution in [-0.2, 0) is 16.1 Å². The van der Waals surface area contributed by atoms with Gasteiger partial charge in [0.2, 0.25) is 5.91 Å². The topological polar surface area (TPSA) is 110 Å². The molecule has 4 aromatic rings. The van der Waals surface area contributed by atoms with E-state index in [1.54, 1.807) is 19.2 Å². The van der Waals surface area contributed by atoms with Crippen molar-refractivity contribution in [2.45, 2.75) is 36.9 Å². The minimum Gasteiger partial charge on any atom is -0.497 e. The Morgan fingerprint density at radius 2 is 1.79 bits per heavy atom. The molecule has 0 spiro atoms. The third kappa shape index (κ3) is 6.84. The fourth-order valence-corrected chi connectivity index (χ4v) is 6.85. The maximum absolute atomic E-state index is 13.6. The highest BCUT2D eigenvalue weighted by Gasteiger charge is 2.43. The van der Waals surface area contributed by atoms with Crippen LogP contribution in [0.1, 0.15) is 39.7 Å². The minimum absolute atomic E-state index is 0.0752. The molecule has 1 unspecified atom stereocenters. The van der Waals surface area contributed by atoms with E-state index in [1.165, 1.54) is 28.0 Å². The van der Waals surface area contributed by atoms with Gasteiger partial charge in [-0.3, -0.25) is 14.5 Å². The molecular weight excluding hydrogens is 585 g/mol. The van der Waals surface area contributed by atoms with E-state index in [9.17, 15) is 14.4 Å². The van der Waals surface area contributed by atoms with Crippen molar-refractivity contribution >= 4 is 46.1 Å². The molecule has 2 atom stereocenters. The van der Waals surface area contributed by atoms with E-state index in [0.717, 1.165) is 29.5 Å². The third-order valence-electron chi connectivity index (χ3n) is 7.19. The summed E-state index contributed by atoms with van der Waals surface area (Å²) in [4.78, 5) is 45.5. The van der Waals surface area contributed by atoms with Gasteiger partial charge in [-0.25, -0.2) is 9.78 Å². The Labute approximate surface area is 257 Å². The highest BCUT2D eigenvalue weighted by Crippen LogP contribution is 2.43. The van der Waals surface area contributed by atoms with Crippen LogP contribution >= 0.6 is 23.1 Å². The van der Waals surface area contributed by atoms with Gasteiger partial charge in [0, 0.05) is 28.3 Å². The number of nitrogens with one attached hydrogen (secondary N) is 2. The molecule has 3 amide bonds. The smallest absolute Gasteiger partial charge is 0.412 e. The largest absolute Gasteiger partial charge is 0.497 e. The molecule has 6 rings (SSSR count). The SMILES string of the molecule is COc1cccc(C2SC[C@@H](C(=O)Nc3nc(-c4ccc(C(=O)NC5CC5)cc4)cs3)N2C(=O)OCc2ccccc2)c1. The molecule has 3 aromatic carbocycles. The van der Waals surface area contributed by atoms with Crippen molar-refractivity contribution in [1.82, 2.24) is 15.2 Å². The van der Waals surface area contributed by atoms with Crippen molar-refractivity contribution in [3.05, 3.63) is 101 Å². The molecule has 1 aliphatic carbocycles. The Hall–Kier alpha value is -4.35. The predicted molar refractivity (Wildman–Crippen MR) is 167 cm³/mol. The number of carbonyl (C=O) groups is 3. The first-order chi connectivity index (χ1) is 21.0. The van der Waals surface area contributed by atoms with Crippen molar-refractivity contribution in [3.8, 4) is 17.0 Å². The Kier molecular flexibility index (Phi) is 8.62. The van der Waals surface area contributed by atoms with Crippen LogP contribution in [0.5, 0.6) is 5.75 Å². The molecule has 1 saturated carbocycles. The second-order valence-corrected chi connectivity index (χ2v) is 12.2. The van der Waals surface area contributed by atoms with Crippen molar-refractivity contribution in [1.29, 1.82) is 0 Å². The molecular formula is C32H30N4O5S2. The van der Waals surface area contributed by atoms with E-state index in [0.29, 0.717) is 33.9 Å². The van der Waals surface area contributed by atoms with Gasteiger partial charge in [0.1, 0.15) is 23.8 Å². The summed E-state index contributed by atoms with van der Waals surface area (Å²) in [5.41, 5.74) is 3.81. The van der Waals surface area contributed by atoms with E-state index in [-0.39, 0.29) is 18.4 Å². The summed E-state index contributed by atoms with van der Waals surface area (Å²) in [6.07, 6.45) is 1.49. The van der Waals surface area contributed by atoms with Gasteiger partial charge in [-0.05, 0) is 48.2 Å². The molecule has 220 valence electrons. The van der Waals surface area contributed by atoms with Gasteiger partial charge in [0.25, 0.3) is 5.91 Å². The van der Waals surface area contributed by atoms with E-state index >= 15 is 0 Å². The lowest BCUT2D eigenvalue weighted by molar-refractivity contribution is -0.120. The van der Waals surface area contributed by atoms with Gasteiger partial charge in [-0.15, -0.1) is 23.1 Å². The fraction of sp³-hybridized carbons (Fsp3) is 0.250. The minimum atomic E-state index is -0.777. The number of benzene rings is 3. The second kappa shape index (κ2) is 12.9. The number of carbonyl (C=O) groups excluding carboxylic acids is 3. The molecule has 0 radical (unpaired) electrons. The monoisotopic (exact) mass is 614 g/mol. The summed E-state index contributed by atoms with van der Waals surface area (Å²) in [6, 6.07) is 23.7. The molecule has 9 nitrogen and oxygen atoms in total. The van der Waals surface area contributed by atoms with Crippen LogP contribution in [0, 0.1) is 0 Å². The van der Waals surface area contributed by atoms with Crippen LogP contribution in [0.25, 0.3) is 11.3 Å². The molecule has 0 bridgehead atoms. The Bertz CT molecular complexity index is 1610. The average molecular weight is 615 g/mol. The zero-order valence-electron chi connectivity index (χ0n) is 23.4. The molecule has 1 aliphatic heterocycles. The zero-order chi connectivity index (χ0) is 29.8. The first-order valence-corrected chi connectivity index (χ1v) is 15.8. The average Bonchev–Trinajstić information content (AvgIpc) is 3.54. The molecule has 43 heavy (non-hydrogen) atoms. The van der Waals surface area contributed by atoms with Crippen LogP contribution in [0.4, 0.5) is 9.93 Å². The summed E-state index contributed by atoms with van der Waals surface area (Å²) in [7, 11) is 1.59. The van der Waals surface area contributed by atoms with Gasteiger partial charge >= 0.3 is 6.09 Å². The summed E-state index contributed by atoms with van der Waals surface area (Å²) in [6.45, 7) is 0.0941. The highest BCUT2D eigenvalue weighted by atomic mass is 32.2. The lowest BCUT2D eigenvalue weighted by Crippen LogP contribution is -2.45. The molecule has 11 heteroatoms. The van der Waals surface area contributed by atoms with Crippen LogP contribution < -0.4 is 15.4 Å². The Morgan fingerprint density at radius 3 is 2.53 bits per heavy atom. The van der Waals surface area contributed by atoms with E-state index in [1.807, 2.05) is 72.1 Å². The van der Waals surface area contributed by atoms with E-state index < -0.39 is 17.5 Å². The van der Waals surface area contributed by atoms with Gasteiger partial charge in [0.05, 0.1) is 12.8 Å². The van der Waals surface area contributed by atoms with Gasteiger partial charge in [-0.2, -0.15) is 0 Å². The maximum Gasteiger partial charge on any atom is 0.412 e. The second-order valence-electron chi connectivity index (χ2n) is 10.3. The molecule has 2 aliphatic rings. The number of amides is 3. The number of ether oxygens (including phenoxy) is 2. The van der Waals surface area contributed by atoms with Gasteiger partial charge in [0.15, 0.2) is 5.13 Å². The number of anilines is 1. The third-order valence-corrected chi connectivity index (χ3v) is 9.27. The highest BCUT2D eigenvalue weighted by molar-refractivity contribution is 7.99. The van der Waals surface area contributed by atoms with E-state index in [4.69, 9.17) is 9.47 Å². The molecule has 2 N–H and O–H groups in total. The summed E-state index contributed by atoms with van der Waals surface area (Å²) in [5, 5.41) is 7.72. The lowest BCUT2D eigenvalue weighted by Gasteiger charge is -2.28. The summed E-state index contributed by atoms with van der Waals surface area (Å²) >= 11 is 2.79. The van der Waals surface area contributed by atoms with Crippen LogP contribution in [0.15, 0.2) is 84.2 Å². The summed E-state index contributed by atoms with van der Waals surface area (Å²) < 4.78 is 11.1. The zero-order valence-corrected chi connectivity index (χ0v) is 25.0. The maximum atomic E-state index is 13.6. The van der Waals surface area contributed by atoms with Crippen molar-refractivity contribution in [2.75, 3.05) is 18.2 Å². The van der Waals surface area contributed by atoms with Crippen molar-refractivity contribution in [3.63, 3.8) is 0 Å². The Morgan fingerprint density at radius 1 is 1.00 bits per heavy atom. The Balaban J connectivity index is 1.16. The molecule has 2 heterocycles. The lowest BCUT2D eigenvalue weighted by atomic mass is 10.1. The normalized spacial score (nSPS) is 17.7. The van der Waals surface area contributed by atoms with Gasteiger partial charge < -0.3 is 20.1 Å². The number of rotatable bonds is 9. The van der Waals surface area contributed by atoms with Gasteiger partial charge in [-0.1, -0.05) is 54.6 Å². The van der Waals surface area contributed by atoms with Crippen LogP contribution in [0.2, 0.25) is 0 Å². The molecule has 1 saturated heterocycles. The van der Waals surface area contributed by atoms with E-state index in [2.05, 4.69) is 15.6 Å². The number of hydrogen-bond acceptors (Lipinski definition) is 8. The first-order valence-electron chi connectivity index (χ1n) is 13.9. The number of hydrogen-bond donors (Lipinski definition) is 2. The number of aromatic nitrogens is 1. The van der Waals surface area contributed by atoms with Crippen molar-refractivity contribution in [2.24, 2.45) is 0 Å². The number of thioether (sulfide) groups is 1.